The number of nitrogens with one attached hydrogen (secondary N) is 2. The summed E-state index contributed by atoms with van der Waals surface area (Å²) in [7, 11) is 1.81. The number of rotatable bonds is 4. The third kappa shape index (κ3) is 2.93. The second kappa shape index (κ2) is 5.94. The van der Waals surface area contributed by atoms with Crippen molar-refractivity contribution in [1.29, 1.82) is 0 Å². The Bertz CT molecular complexity index is 384. The molecule has 1 fully saturated rings. The lowest BCUT2D eigenvalue weighted by Crippen LogP contribution is -2.28. The lowest BCUT2D eigenvalue weighted by molar-refractivity contribution is 0.0992. The SMILES string of the molecule is CNCC(=O)c1ccccc1C1CCNCC1. The predicted molar refractivity (Wildman–Crippen MR) is 69.5 cm³/mol. The Hall–Kier alpha value is -1.19. The van der Waals surface area contributed by atoms with E-state index < -0.39 is 0 Å². The van der Waals surface area contributed by atoms with Gasteiger partial charge in [-0.05, 0) is 44.5 Å². The van der Waals surface area contributed by atoms with Gasteiger partial charge in [-0.1, -0.05) is 24.3 Å². The van der Waals surface area contributed by atoms with Gasteiger partial charge < -0.3 is 10.6 Å². The van der Waals surface area contributed by atoms with E-state index in [9.17, 15) is 4.79 Å². The molecule has 3 heteroatoms. The molecule has 3 nitrogen and oxygen atoms in total. The molecule has 1 aliphatic rings. The monoisotopic (exact) mass is 232 g/mol. The maximum atomic E-state index is 12.0. The van der Waals surface area contributed by atoms with E-state index in [1.165, 1.54) is 5.56 Å². The lowest BCUT2D eigenvalue weighted by atomic mass is 9.86. The summed E-state index contributed by atoms with van der Waals surface area (Å²) in [6.07, 6.45) is 2.26. The van der Waals surface area contributed by atoms with Crippen molar-refractivity contribution in [2.75, 3.05) is 26.7 Å². The van der Waals surface area contributed by atoms with E-state index in [2.05, 4.69) is 16.7 Å². The van der Waals surface area contributed by atoms with E-state index in [0.717, 1.165) is 31.5 Å². The predicted octanol–water partition coefficient (Wildman–Crippen LogP) is 1.56. The normalized spacial score (nSPS) is 17.0. The van der Waals surface area contributed by atoms with Gasteiger partial charge >= 0.3 is 0 Å². The first-order valence-corrected chi connectivity index (χ1v) is 6.30. The average molecular weight is 232 g/mol. The van der Waals surface area contributed by atoms with Crippen molar-refractivity contribution >= 4 is 5.78 Å². The first-order chi connectivity index (χ1) is 8.33. The fourth-order valence-electron chi connectivity index (χ4n) is 2.50. The Morgan fingerprint density at radius 2 is 2.06 bits per heavy atom. The van der Waals surface area contributed by atoms with Crippen LogP contribution in [-0.4, -0.2) is 32.5 Å². The number of benzene rings is 1. The third-order valence-electron chi connectivity index (χ3n) is 3.38. The molecule has 0 saturated carbocycles. The van der Waals surface area contributed by atoms with E-state index in [1.807, 2.05) is 25.2 Å². The number of Topliss-reactive ketones (excluding diaryl/α,β-unsaturated/α-hetero) is 1. The number of likely N-dealkylation sites (N-methyl/N-ethyl adjacent to an activating group) is 1. The summed E-state index contributed by atoms with van der Waals surface area (Å²) < 4.78 is 0. The molecule has 0 radical (unpaired) electrons. The van der Waals surface area contributed by atoms with Gasteiger partial charge in [-0.3, -0.25) is 4.79 Å². The molecule has 1 aliphatic heterocycles. The van der Waals surface area contributed by atoms with Crippen LogP contribution in [0.3, 0.4) is 0 Å². The van der Waals surface area contributed by atoms with E-state index >= 15 is 0 Å². The van der Waals surface area contributed by atoms with Gasteiger partial charge in [0.1, 0.15) is 0 Å². The Labute approximate surface area is 103 Å². The summed E-state index contributed by atoms with van der Waals surface area (Å²) in [5.74, 6) is 0.731. The number of carbonyl (C=O) groups excluding carboxylic acids is 1. The summed E-state index contributed by atoms with van der Waals surface area (Å²) in [6.45, 7) is 2.53. The van der Waals surface area contributed by atoms with Crippen molar-refractivity contribution in [3.05, 3.63) is 35.4 Å². The van der Waals surface area contributed by atoms with Crippen LogP contribution < -0.4 is 10.6 Å². The molecule has 2 N–H and O–H groups in total. The Kier molecular flexibility index (Phi) is 4.29. The minimum absolute atomic E-state index is 0.196. The van der Waals surface area contributed by atoms with Crippen LogP contribution in [0, 0.1) is 0 Å². The minimum Gasteiger partial charge on any atom is -0.317 e. The summed E-state index contributed by atoms with van der Waals surface area (Å²) in [6, 6.07) is 8.05. The van der Waals surface area contributed by atoms with Crippen LogP contribution in [0.1, 0.15) is 34.7 Å². The van der Waals surface area contributed by atoms with Gasteiger partial charge in [0.25, 0.3) is 0 Å². The highest BCUT2D eigenvalue weighted by Gasteiger charge is 2.20. The Balaban J connectivity index is 2.23. The van der Waals surface area contributed by atoms with Crippen molar-refractivity contribution < 1.29 is 4.79 Å². The van der Waals surface area contributed by atoms with Crippen LogP contribution in [0.25, 0.3) is 0 Å². The highest BCUT2D eigenvalue weighted by Crippen LogP contribution is 2.28. The molecule has 1 saturated heterocycles. The third-order valence-corrected chi connectivity index (χ3v) is 3.38. The molecule has 0 aromatic heterocycles. The van der Waals surface area contributed by atoms with Gasteiger partial charge in [-0.15, -0.1) is 0 Å². The molecule has 17 heavy (non-hydrogen) atoms. The van der Waals surface area contributed by atoms with E-state index in [-0.39, 0.29) is 5.78 Å². The molecule has 1 aromatic carbocycles. The van der Waals surface area contributed by atoms with Crippen LogP contribution in [-0.2, 0) is 0 Å². The molecule has 0 unspecified atom stereocenters. The highest BCUT2D eigenvalue weighted by molar-refractivity contribution is 5.99. The topological polar surface area (TPSA) is 41.1 Å². The smallest absolute Gasteiger partial charge is 0.176 e. The molecule has 0 amide bonds. The quantitative estimate of drug-likeness (QED) is 0.774. The summed E-state index contributed by atoms with van der Waals surface area (Å²) in [5, 5.41) is 6.30. The van der Waals surface area contributed by atoms with Crippen LogP contribution in [0.4, 0.5) is 0 Å². The van der Waals surface area contributed by atoms with Gasteiger partial charge in [-0.2, -0.15) is 0 Å². The van der Waals surface area contributed by atoms with Gasteiger partial charge in [0, 0.05) is 5.56 Å². The Morgan fingerprint density at radius 3 is 2.76 bits per heavy atom. The average Bonchev–Trinajstić information content (AvgIpc) is 2.40. The summed E-state index contributed by atoms with van der Waals surface area (Å²) >= 11 is 0. The fraction of sp³-hybridized carbons (Fsp3) is 0.500. The molecule has 2 rings (SSSR count). The first-order valence-electron chi connectivity index (χ1n) is 6.30. The highest BCUT2D eigenvalue weighted by atomic mass is 16.1. The second-order valence-electron chi connectivity index (χ2n) is 4.57. The van der Waals surface area contributed by atoms with Crippen LogP contribution in [0.15, 0.2) is 24.3 Å². The first kappa shape index (κ1) is 12.3. The summed E-state index contributed by atoms with van der Waals surface area (Å²) in [4.78, 5) is 12.0. The summed E-state index contributed by atoms with van der Waals surface area (Å²) in [5.41, 5.74) is 2.13. The van der Waals surface area contributed by atoms with Crippen molar-refractivity contribution in [3.63, 3.8) is 0 Å². The molecule has 1 heterocycles. The van der Waals surface area contributed by atoms with Gasteiger partial charge in [0.05, 0.1) is 6.54 Å². The number of piperidine rings is 1. The van der Waals surface area contributed by atoms with Crippen molar-refractivity contribution in [3.8, 4) is 0 Å². The minimum atomic E-state index is 0.196. The molecular weight excluding hydrogens is 212 g/mol. The molecule has 1 aromatic rings. The maximum absolute atomic E-state index is 12.0. The maximum Gasteiger partial charge on any atom is 0.176 e. The number of hydrogen-bond acceptors (Lipinski definition) is 3. The zero-order valence-corrected chi connectivity index (χ0v) is 10.3. The van der Waals surface area contributed by atoms with E-state index in [0.29, 0.717) is 12.5 Å². The van der Waals surface area contributed by atoms with Crippen LogP contribution in [0.2, 0.25) is 0 Å². The van der Waals surface area contributed by atoms with E-state index in [1.54, 1.807) is 0 Å². The Morgan fingerprint density at radius 1 is 1.35 bits per heavy atom. The van der Waals surface area contributed by atoms with Crippen molar-refractivity contribution in [1.82, 2.24) is 10.6 Å². The van der Waals surface area contributed by atoms with Gasteiger partial charge in [0.15, 0.2) is 5.78 Å². The molecule has 92 valence electrons. The van der Waals surface area contributed by atoms with Gasteiger partial charge in [0.2, 0.25) is 0 Å². The zero-order chi connectivity index (χ0) is 12.1. The van der Waals surface area contributed by atoms with Crippen LogP contribution >= 0.6 is 0 Å². The number of carbonyl (C=O) groups is 1. The van der Waals surface area contributed by atoms with Crippen molar-refractivity contribution in [2.45, 2.75) is 18.8 Å². The largest absolute Gasteiger partial charge is 0.317 e. The second-order valence-corrected chi connectivity index (χ2v) is 4.57. The molecule has 0 atom stereocenters. The standard InChI is InChI=1S/C14H20N2O/c1-15-10-14(17)13-5-3-2-4-12(13)11-6-8-16-9-7-11/h2-5,11,15-16H,6-10H2,1H3. The molecule has 0 spiro atoms. The zero-order valence-electron chi connectivity index (χ0n) is 10.3. The fourth-order valence-corrected chi connectivity index (χ4v) is 2.50. The number of ketones is 1. The van der Waals surface area contributed by atoms with Crippen molar-refractivity contribution in [2.24, 2.45) is 0 Å². The molecule has 0 bridgehead atoms. The van der Waals surface area contributed by atoms with E-state index in [4.69, 9.17) is 0 Å². The van der Waals surface area contributed by atoms with Gasteiger partial charge in [-0.25, -0.2) is 0 Å². The van der Waals surface area contributed by atoms with Crippen LogP contribution in [0.5, 0.6) is 0 Å². The molecule has 0 aliphatic carbocycles. The number of hydrogen-bond donors (Lipinski definition) is 2. The molecular formula is C14H20N2O. The lowest BCUT2D eigenvalue weighted by Gasteiger charge is -2.24.